The Balaban J connectivity index is 2.52. The van der Waals surface area contributed by atoms with E-state index in [2.05, 4.69) is 32.6 Å². The van der Waals surface area contributed by atoms with E-state index in [1.54, 1.807) is 0 Å². The molecule has 2 heteroatoms. The van der Waals surface area contributed by atoms with Crippen LogP contribution in [0.5, 0.6) is 0 Å². The van der Waals surface area contributed by atoms with Crippen LogP contribution in [-0.4, -0.2) is 31.1 Å². The molecule has 108 valence electrons. The lowest BCUT2D eigenvalue weighted by Gasteiger charge is -2.36. The van der Waals surface area contributed by atoms with E-state index in [0.717, 1.165) is 18.4 Å². The van der Waals surface area contributed by atoms with E-state index < -0.39 is 0 Å². The van der Waals surface area contributed by atoms with Crippen LogP contribution in [-0.2, 0) is 0 Å². The summed E-state index contributed by atoms with van der Waals surface area (Å²) < 4.78 is 0. The molecule has 1 heterocycles. The average Bonchev–Trinajstić information content (AvgIpc) is 2.61. The van der Waals surface area contributed by atoms with Gasteiger partial charge in [0.1, 0.15) is 0 Å². The van der Waals surface area contributed by atoms with Gasteiger partial charge in [0.15, 0.2) is 0 Å². The molecule has 1 unspecified atom stereocenters. The number of nitrogens with two attached hydrogens (primary N) is 1. The van der Waals surface area contributed by atoms with Crippen molar-refractivity contribution in [1.29, 1.82) is 0 Å². The van der Waals surface area contributed by atoms with Crippen LogP contribution in [0.1, 0.15) is 59.8 Å². The van der Waals surface area contributed by atoms with Gasteiger partial charge in [0, 0.05) is 6.54 Å². The van der Waals surface area contributed by atoms with Gasteiger partial charge in [-0.05, 0) is 69.0 Å². The first-order chi connectivity index (χ1) is 8.56. The highest BCUT2D eigenvalue weighted by atomic mass is 15.1. The first kappa shape index (κ1) is 16.0. The number of likely N-dealkylation sites (tertiary alicyclic amines) is 1. The molecule has 1 aliphatic heterocycles. The van der Waals surface area contributed by atoms with Gasteiger partial charge in [-0.3, -0.25) is 0 Å². The van der Waals surface area contributed by atoms with Gasteiger partial charge in [0.25, 0.3) is 0 Å². The summed E-state index contributed by atoms with van der Waals surface area (Å²) in [4.78, 5) is 2.68. The molecule has 0 radical (unpaired) electrons. The van der Waals surface area contributed by atoms with Crippen molar-refractivity contribution >= 4 is 0 Å². The first-order valence-electron chi connectivity index (χ1n) is 7.99. The van der Waals surface area contributed by atoms with Gasteiger partial charge in [-0.15, -0.1) is 0 Å². The standard InChI is InChI=1S/C16H34N2/c1-5-16(6-2,12-17)13-18-10-7-8-15(9-11-18)14(3)4/h14-15H,5-13,17H2,1-4H3. The van der Waals surface area contributed by atoms with Crippen LogP contribution < -0.4 is 5.73 Å². The Kier molecular flexibility index (Phi) is 6.65. The number of hydrogen-bond acceptors (Lipinski definition) is 2. The third-order valence-electron chi connectivity index (χ3n) is 5.30. The van der Waals surface area contributed by atoms with Crippen LogP contribution in [0.15, 0.2) is 0 Å². The number of hydrogen-bond donors (Lipinski definition) is 1. The fourth-order valence-corrected chi connectivity index (χ4v) is 3.31. The van der Waals surface area contributed by atoms with Gasteiger partial charge in [-0.2, -0.15) is 0 Å². The highest BCUT2D eigenvalue weighted by molar-refractivity contribution is 4.83. The predicted octanol–water partition coefficient (Wildman–Crippen LogP) is 3.51. The van der Waals surface area contributed by atoms with Gasteiger partial charge in [0.05, 0.1) is 0 Å². The zero-order valence-corrected chi connectivity index (χ0v) is 13.0. The van der Waals surface area contributed by atoms with Gasteiger partial charge in [-0.25, -0.2) is 0 Å². The van der Waals surface area contributed by atoms with Crippen LogP contribution in [0.2, 0.25) is 0 Å². The van der Waals surface area contributed by atoms with Crippen molar-refractivity contribution in [3.05, 3.63) is 0 Å². The summed E-state index contributed by atoms with van der Waals surface area (Å²) in [6.45, 7) is 14.0. The molecular formula is C16H34N2. The van der Waals surface area contributed by atoms with Crippen LogP contribution in [0, 0.1) is 17.3 Å². The van der Waals surface area contributed by atoms with Crippen molar-refractivity contribution in [3.8, 4) is 0 Å². The predicted molar refractivity (Wildman–Crippen MR) is 80.7 cm³/mol. The molecule has 1 aliphatic rings. The van der Waals surface area contributed by atoms with E-state index in [-0.39, 0.29) is 0 Å². The maximum absolute atomic E-state index is 6.03. The molecule has 1 atom stereocenters. The largest absolute Gasteiger partial charge is 0.330 e. The Morgan fingerprint density at radius 1 is 1.17 bits per heavy atom. The second-order valence-corrected chi connectivity index (χ2v) is 6.62. The third-order valence-corrected chi connectivity index (χ3v) is 5.30. The molecule has 0 bridgehead atoms. The van der Waals surface area contributed by atoms with Crippen LogP contribution >= 0.6 is 0 Å². The molecule has 1 fully saturated rings. The number of rotatable bonds is 6. The normalized spacial score (nSPS) is 23.3. The second-order valence-electron chi connectivity index (χ2n) is 6.62. The summed E-state index contributed by atoms with van der Waals surface area (Å²) >= 11 is 0. The Morgan fingerprint density at radius 2 is 1.83 bits per heavy atom. The number of nitrogens with zero attached hydrogens (tertiary/aromatic N) is 1. The van der Waals surface area contributed by atoms with Crippen LogP contribution in [0.4, 0.5) is 0 Å². The zero-order valence-electron chi connectivity index (χ0n) is 13.0. The lowest BCUT2D eigenvalue weighted by atomic mass is 9.82. The quantitative estimate of drug-likeness (QED) is 0.786. The highest BCUT2D eigenvalue weighted by Gasteiger charge is 2.28. The summed E-state index contributed by atoms with van der Waals surface area (Å²) in [5.41, 5.74) is 6.39. The highest BCUT2D eigenvalue weighted by Crippen LogP contribution is 2.29. The Hall–Kier alpha value is -0.0800. The van der Waals surface area contributed by atoms with Crippen molar-refractivity contribution in [3.63, 3.8) is 0 Å². The van der Waals surface area contributed by atoms with Gasteiger partial charge in [0.2, 0.25) is 0 Å². The molecule has 2 N–H and O–H groups in total. The van der Waals surface area contributed by atoms with Crippen molar-refractivity contribution in [1.82, 2.24) is 4.90 Å². The molecule has 0 amide bonds. The van der Waals surface area contributed by atoms with E-state index in [4.69, 9.17) is 5.73 Å². The fraction of sp³-hybridized carbons (Fsp3) is 1.00. The zero-order chi connectivity index (χ0) is 13.6. The first-order valence-corrected chi connectivity index (χ1v) is 7.99. The minimum absolute atomic E-state index is 0.359. The monoisotopic (exact) mass is 254 g/mol. The third kappa shape index (κ3) is 4.24. The molecule has 0 saturated carbocycles. The minimum Gasteiger partial charge on any atom is -0.330 e. The average molecular weight is 254 g/mol. The van der Waals surface area contributed by atoms with E-state index in [1.165, 1.54) is 51.7 Å². The van der Waals surface area contributed by atoms with Crippen LogP contribution in [0.3, 0.4) is 0 Å². The molecule has 1 rings (SSSR count). The van der Waals surface area contributed by atoms with E-state index in [1.807, 2.05) is 0 Å². The molecule has 0 aromatic heterocycles. The van der Waals surface area contributed by atoms with Crippen molar-refractivity contribution < 1.29 is 0 Å². The molecule has 0 aliphatic carbocycles. The Bertz CT molecular complexity index is 213. The summed E-state index contributed by atoms with van der Waals surface area (Å²) in [6, 6.07) is 0. The van der Waals surface area contributed by atoms with E-state index in [9.17, 15) is 0 Å². The Morgan fingerprint density at radius 3 is 2.33 bits per heavy atom. The second kappa shape index (κ2) is 7.49. The van der Waals surface area contributed by atoms with Gasteiger partial charge in [-0.1, -0.05) is 27.7 Å². The van der Waals surface area contributed by atoms with Crippen molar-refractivity contribution in [2.75, 3.05) is 26.2 Å². The molecule has 0 spiro atoms. The lowest BCUT2D eigenvalue weighted by Crippen LogP contribution is -2.42. The lowest BCUT2D eigenvalue weighted by molar-refractivity contribution is 0.145. The maximum atomic E-state index is 6.03. The van der Waals surface area contributed by atoms with Gasteiger partial charge >= 0.3 is 0 Å². The summed E-state index contributed by atoms with van der Waals surface area (Å²) in [5.74, 6) is 1.78. The van der Waals surface area contributed by atoms with Gasteiger partial charge < -0.3 is 10.6 Å². The summed E-state index contributed by atoms with van der Waals surface area (Å²) in [6.07, 6.45) is 6.60. The summed E-state index contributed by atoms with van der Waals surface area (Å²) in [5, 5.41) is 0. The topological polar surface area (TPSA) is 29.3 Å². The fourth-order valence-electron chi connectivity index (χ4n) is 3.31. The van der Waals surface area contributed by atoms with Crippen molar-refractivity contribution in [2.45, 2.75) is 59.8 Å². The summed E-state index contributed by atoms with van der Waals surface area (Å²) in [7, 11) is 0. The molecule has 1 saturated heterocycles. The van der Waals surface area contributed by atoms with E-state index in [0.29, 0.717) is 5.41 Å². The molecule has 18 heavy (non-hydrogen) atoms. The van der Waals surface area contributed by atoms with Crippen LogP contribution in [0.25, 0.3) is 0 Å². The maximum Gasteiger partial charge on any atom is 0.00499 e. The minimum atomic E-state index is 0.359. The van der Waals surface area contributed by atoms with Crippen molar-refractivity contribution in [2.24, 2.45) is 23.0 Å². The molecule has 0 aromatic rings. The molecular weight excluding hydrogens is 220 g/mol. The molecule has 0 aromatic carbocycles. The smallest absolute Gasteiger partial charge is 0.00499 e. The Labute approximate surface area is 114 Å². The van der Waals surface area contributed by atoms with E-state index >= 15 is 0 Å². The molecule has 2 nitrogen and oxygen atoms in total. The SMILES string of the molecule is CCC(CC)(CN)CN1CCCC(C(C)C)CC1.